The van der Waals surface area contributed by atoms with Crippen molar-refractivity contribution in [3.8, 4) is 5.75 Å². The molecule has 24 heavy (non-hydrogen) atoms. The first-order valence-corrected chi connectivity index (χ1v) is 8.71. The van der Waals surface area contributed by atoms with Crippen LogP contribution in [0.25, 0.3) is 11.0 Å². The molecule has 124 valence electrons. The Morgan fingerprint density at radius 2 is 2.12 bits per heavy atom. The highest BCUT2D eigenvalue weighted by molar-refractivity contribution is 6.42. The maximum absolute atomic E-state index is 6.15. The second kappa shape index (κ2) is 6.63. The number of nitrogens with one attached hydrogen (secondary N) is 2. The van der Waals surface area contributed by atoms with Crippen molar-refractivity contribution < 1.29 is 4.74 Å². The number of nitrogens with zero attached hydrogens (tertiary/aromatic N) is 1. The maximum Gasteiger partial charge on any atom is 0.139 e. The van der Waals surface area contributed by atoms with Crippen LogP contribution in [-0.4, -0.2) is 22.1 Å². The number of fused-ring (bicyclic) bond motifs is 1. The summed E-state index contributed by atoms with van der Waals surface area (Å²) in [6.45, 7) is 0.809. The van der Waals surface area contributed by atoms with Crippen molar-refractivity contribution in [1.29, 1.82) is 0 Å². The smallest absolute Gasteiger partial charge is 0.139 e. The van der Waals surface area contributed by atoms with Crippen LogP contribution in [-0.2, 0) is 6.54 Å². The Morgan fingerprint density at radius 3 is 3.00 bits per heavy atom. The van der Waals surface area contributed by atoms with Crippen LogP contribution in [0.5, 0.6) is 5.75 Å². The van der Waals surface area contributed by atoms with Gasteiger partial charge in [-0.25, -0.2) is 4.98 Å². The van der Waals surface area contributed by atoms with Gasteiger partial charge < -0.3 is 15.0 Å². The highest BCUT2D eigenvalue weighted by Gasteiger charge is 2.31. The summed E-state index contributed by atoms with van der Waals surface area (Å²) in [4.78, 5) is 7.51. The summed E-state index contributed by atoms with van der Waals surface area (Å²) in [6, 6.07) is 10.1. The van der Waals surface area contributed by atoms with Gasteiger partial charge in [0.05, 0.1) is 5.02 Å². The highest BCUT2D eigenvalue weighted by atomic mass is 35.5. The Kier molecular flexibility index (Phi) is 4.35. The molecule has 2 heterocycles. The van der Waals surface area contributed by atoms with Gasteiger partial charge >= 0.3 is 0 Å². The molecule has 6 heteroatoms. The summed E-state index contributed by atoms with van der Waals surface area (Å²) in [5.74, 6) is 0.662. The van der Waals surface area contributed by atoms with E-state index in [0.717, 1.165) is 30.4 Å². The molecule has 0 saturated heterocycles. The highest BCUT2D eigenvalue weighted by Crippen LogP contribution is 2.35. The van der Waals surface area contributed by atoms with Crippen LogP contribution in [0.2, 0.25) is 10.0 Å². The van der Waals surface area contributed by atoms with E-state index in [4.69, 9.17) is 27.9 Å². The Morgan fingerprint density at radius 1 is 1.25 bits per heavy atom. The monoisotopic (exact) mass is 361 g/mol. The summed E-state index contributed by atoms with van der Waals surface area (Å²) in [7, 11) is 0. The van der Waals surface area contributed by atoms with Gasteiger partial charge in [-0.15, -0.1) is 0 Å². The Labute approximate surface area is 150 Å². The zero-order valence-electron chi connectivity index (χ0n) is 12.9. The molecule has 3 aromatic rings. The van der Waals surface area contributed by atoms with E-state index in [-0.39, 0.29) is 6.10 Å². The van der Waals surface area contributed by atoms with E-state index in [1.165, 1.54) is 5.56 Å². The van der Waals surface area contributed by atoms with Crippen LogP contribution >= 0.6 is 23.2 Å². The number of halogens is 2. The third-order valence-electron chi connectivity index (χ3n) is 4.36. The minimum Gasteiger partial charge on any atom is -0.489 e. The summed E-state index contributed by atoms with van der Waals surface area (Å²) in [6.07, 6.45) is 5.92. The van der Waals surface area contributed by atoms with Crippen molar-refractivity contribution in [2.24, 2.45) is 0 Å². The molecule has 1 aromatic carbocycles. The summed E-state index contributed by atoms with van der Waals surface area (Å²) in [5.41, 5.74) is 2.11. The number of pyridine rings is 1. The number of aromatic nitrogens is 2. The van der Waals surface area contributed by atoms with Crippen molar-refractivity contribution in [2.45, 2.75) is 31.5 Å². The number of hydrogen-bond acceptors (Lipinski definition) is 3. The minimum atomic E-state index is 0.184. The molecule has 2 N–H and O–H groups in total. The van der Waals surface area contributed by atoms with Gasteiger partial charge in [0.25, 0.3) is 0 Å². The lowest BCUT2D eigenvalue weighted by Gasteiger charge is -2.36. The van der Waals surface area contributed by atoms with Crippen LogP contribution in [0.1, 0.15) is 18.4 Å². The van der Waals surface area contributed by atoms with Gasteiger partial charge in [-0.2, -0.15) is 0 Å². The predicted molar refractivity (Wildman–Crippen MR) is 96.8 cm³/mol. The fourth-order valence-electron chi connectivity index (χ4n) is 2.93. The lowest BCUT2D eigenvalue weighted by Crippen LogP contribution is -2.46. The van der Waals surface area contributed by atoms with E-state index in [2.05, 4.69) is 21.4 Å². The van der Waals surface area contributed by atoms with E-state index in [1.54, 1.807) is 6.07 Å². The third-order valence-corrected chi connectivity index (χ3v) is 5.16. The first-order chi connectivity index (χ1) is 11.7. The summed E-state index contributed by atoms with van der Waals surface area (Å²) < 4.78 is 5.92. The fourth-order valence-corrected chi connectivity index (χ4v) is 3.26. The van der Waals surface area contributed by atoms with Crippen molar-refractivity contribution in [3.05, 3.63) is 58.3 Å². The van der Waals surface area contributed by atoms with Crippen LogP contribution in [0.4, 0.5) is 0 Å². The van der Waals surface area contributed by atoms with Crippen molar-refractivity contribution in [1.82, 2.24) is 15.3 Å². The zero-order chi connectivity index (χ0) is 16.5. The summed E-state index contributed by atoms with van der Waals surface area (Å²) in [5, 5.41) is 5.69. The van der Waals surface area contributed by atoms with Crippen molar-refractivity contribution >= 4 is 34.2 Å². The maximum atomic E-state index is 6.15. The number of aromatic amines is 1. The molecule has 0 bridgehead atoms. The second-order valence-electron chi connectivity index (χ2n) is 6.10. The zero-order valence-corrected chi connectivity index (χ0v) is 14.4. The van der Waals surface area contributed by atoms with Gasteiger partial charge in [-0.3, -0.25) is 0 Å². The number of rotatable bonds is 5. The molecule has 0 aliphatic heterocycles. The molecular formula is C18H17Cl2N3O. The molecule has 0 unspecified atom stereocenters. The topological polar surface area (TPSA) is 49.9 Å². The minimum absolute atomic E-state index is 0.184. The molecule has 2 aromatic heterocycles. The molecule has 1 aliphatic carbocycles. The first-order valence-electron chi connectivity index (χ1n) is 7.95. The number of hydrogen-bond donors (Lipinski definition) is 2. The molecule has 4 nitrogen and oxygen atoms in total. The van der Waals surface area contributed by atoms with Gasteiger partial charge in [0, 0.05) is 30.4 Å². The fraction of sp³-hybridized carbons (Fsp3) is 0.278. The number of H-pyrrole nitrogens is 1. The van der Waals surface area contributed by atoms with Gasteiger partial charge in [-0.05, 0) is 42.7 Å². The van der Waals surface area contributed by atoms with Crippen LogP contribution in [0, 0.1) is 0 Å². The lowest BCUT2D eigenvalue weighted by atomic mass is 9.89. The quantitative estimate of drug-likeness (QED) is 0.699. The van der Waals surface area contributed by atoms with Crippen LogP contribution < -0.4 is 10.1 Å². The Balaban J connectivity index is 1.28. The van der Waals surface area contributed by atoms with Crippen LogP contribution in [0.15, 0.2) is 42.7 Å². The Hall–Kier alpha value is -1.75. The molecule has 1 fully saturated rings. The molecular weight excluding hydrogens is 345 g/mol. The SMILES string of the molecule is Clc1cccc(OC2CC(NCc3cnc4[nH]ccc4c3)C2)c1Cl. The van der Waals surface area contributed by atoms with Crippen molar-refractivity contribution in [3.63, 3.8) is 0 Å². The van der Waals surface area contributed by atoms with Crippen molar-refractivity contribution in [2.75, 3.05) is 0 Å². The van der Waals surface area contributed by atoms with Gasteiger partial charge in [0.15, 0.2) is 0 Å². The van der Waals surface area contributed by atoms with E-state index < -0.39 is 0 Å². The van der Waals surface area contributed by atoms with E-state index in [9.17, 15) is 0 Å². The average Bonchev–Trinajstić information content (AvgIpc) is 3.01. The number of benzene rings is 1. The molecule has 4 rings (SSSR count). The number of ether oxygens (including phenoxy) is 1. The second-order valence-corrected chi connectivity index (χ2v) is 6.89. The van der Waals surface area contributed by atoms with E-state index in [0.29, 0.717) is 21.8 Å². The molecule has 0 amide bonds. The molecule has 0 radical (unpaired) electrons. The van der Waals surface area contributed by atoms with Gasteiger partial charge in [0.2, 0.25) is 0 Å². The molecule has 1 saturated carbocycles. The third kappa shape index (κ3) is 3.22. The summed E-state index contributed by atoms with van der Waals surface area (Å²) >= 11 is 12.2. The standard InChI is InChI=1S/C18H17Cl2N3O/c19-15-2-1-3-16(17(15)20)24-14-7-13(8-14)22-9-11-6-12-4-5-21-18(12)23-10-11/h1-6,10,13-14,22H,7-9H2,(H,21,23). The lowest BCUT2D eigenvalue weighted by molar-refractivity contribution is 0.0844. The average molecular weight is 362 g/mol. The molecule has 0 atom stereocenters. The predicted octanol–water partition coefficient (Wildman–Crippen LogP) is 4.57. The van der Waals surface area contributed by atoms with Gasteiger partial charge in [0.1, 0.15) is 22.5 Å². The Bertz CT molecular complexity index is 858. The van der Waals surface area contributed by atoms with E-state index in [1.807, 2.05) is 30.6 Å². The normalized spacial score (nSPS) is 20.1. The molecule has 0 spiro atoms. The first kappa shape index (κ1) is 15.8. The van der Waals surface area contributed by atoms with E-state index >= 15 is 0 Å². The van der Waals surface area contributed by atoms with Gasteiger partial charge in [-0.1, -0.05) is 29.3 Å². The van der Waals surface area contributed by atoms with Crippen LogP contribution in [0.3, 0.4) is 0 Å². The largest absolute Gasteiger partial charge is 0.489 e. The molecule has 1 aliphatic rings.